The molecule has 4 atom stereocenters. The second-order valence-corrected chi connectivity index (χ2v) is 8.86. The first kappa shape index (κ1) is 23.3. The van der Waals surface area contributed by atoms with Gasteiger partial charge in [0, 0.05) is 30.3 Å². The summed E-state index contributed by atoms with van der Waals surface area (Å²) in [5.74, 6) is -1.30. The second kappa shape index (κ2) is 10.8. The molecule has 2 saturated heterocycles. The van der Waals surface area contributed by atoms with Crippen molar-refractivity contribution in [2.24, 2.45) is 5.92 Å². The molecule has 2 aliphatic heterocycles. The highest BCUT2D eigenvalue weighted by Gasteiger charge is 2.42. The zero-order chi connectivity index (χ0) is 23.2. The first-order valence-electron chi connectivity index (χ1n) is 11.2. The van der Waals surface area contributed by atoms with Crippen LogP contribution in [0.4, 0.5) is 0 Å². The Morgan fingerprint density at radius 1 is 1.06 bits per heavy atom. The van der Waals surface area contributed by atoms with Gasteiger partial charge < -0.3 is 20.1 Å². The van der Waals surface area contributed by atoms with Crippen LogP contribution >= 0.6 is 11.6 Å². The van der Waals surface area contributed by atoms with Gasteiger partial charge in [-0.15, -0.1) is 0 Å². The van der Waals surface area contributed by atoms with E-state index in [-0.39, 0.29) is 49.4 Å². The normalized spacial score (nSPS) is 25.5. The summed E-state index contributed by atoms with van der Waals surface area (Å²) in [6.07, 6.45) is 0.503. The highest BCUT2D eigenvalue weighted by atomic mass is 35.5. The number of amides is 2. The van der Waals surface area contributed by atoms with E-state index in [9.17, 15) is 14.4 Å². The van der Waals surface area contributed by atoms with Crippen LogP contribution in [0.2, 0.25) is 5.02 Å². The highest BCUT2D eigenvalue weighted by Crippen LogP contribution is 2.34. The fourth-order valence-electron chi connectivity index (χ4n) is 4.01. The molecule has 4 rings (SSSR count). The minimum Gasteiger partial charge on any atom is -0.456 e. The Kier molecular flexibility index (Phi) is 7.62. The lowest BCUT2D eigenvalue weighted by molar-refractivity contribution is -0.150. The summed E-state index contributed by atoms with van der Waals surface area (Å²) < 4.78 is 11.3. The Morgan fingerprint density at radius 3 is 2.58 bits per heavy atom. The summed E-state index contributed by atoms with van der Waals surface area (Å²) >= 11 is 5.90. The third-order valence-corrected chi connectivity index (χ3v) is 6.20. The maximum atomic E-state index is 13.0. The Labute approximate surface area is 197 Å². The van der Waals surface area contributed by atoms with E-state index in [0.29, 0.717) is 24.4 Å². The average molecular weight is 471 g/mol. The van der Waals surface area contributed by atoms with E-state index < -0.39 is 12.0 Å². The number of cyclic esters (lactones) is 1. The Balaban J connectivity index is 1.39. The van der Waals surface area contributed by atoms with Gasteiger partial charge in [0.15, 0.2) is 0 Å². The molecule has 0 spiro atoms. The fraction of sp³-hybridized carbons (Fsp3) is 0.400. The molecule has 2 amide bonds. The van der Waals surface area contributed by atoms with Crippen LogP contribution in [0.5, 0.6) is 0 Å². The molecular formula is C25H27ClN2O5. The van der Waals surface area contributed by atoms with Crippen molar-refractivity contribution in [3.8, 4) is 0 Å². The molecule has 2 fully saturated rings. The maximum absolute atomic E-state index is 13.0. The van der Waals surface area contributed by atoms with Crippen LogP contribution in [0, 0.1) is 5.92 Å². The van der Waals surface area contributed by atoms with Gasteiger partial charge in [-0.1, -0.05) is 54.1 Å². The molecule has 2 heterocycles. The highest BCUT2D eigenvalue weighted by molar-refractivity contribution is 6.30. The predicted molar refractivity (Wildman–Crippen MR) is 122 cm³/mol. The van der Waals surface area contributed by atoms with Gasteiger partial charge in [0.1, 0.15) is 6.10 Å². The third kappa shape index (κ3) is 6.79. The minimum atomic E-state index is -0.586. The predicted octanol–water partition coefficient (Wildman–Crippen LogP) is 3.31. The van der Waals surface area contributed by atoms with Crippen molar-refractivity contribution in [3.63, 3.8) is 0 Å². The zero-order valence-corrected chi connectivity index (χ0v) is 18.9. The zero-order valence-electron chi connectivity index (χ0n) is 18.2. The van der Waals surface area contributed by atoms with Crippen molar-refractivity contribution in [1.29, 1.82) is 0 Å². The van der Waals surface area contributed by atoms with Gasteiger partial charge in [0.25, 0.3) is 0 Å². The summed E-state index contributed by atoms with van der Waals surface area (Å²) in [7, 11) is 0. The first-order chi connectivity index (χ1) is 16.0. The van der Waals surface area contributed by atoms with Gasteiger partial charge >= 0.3 is 5.97 Å². The van der Waals surface area contributed by atoms with Gasteiger partial charge in [-0.05, 0) is 36.1 Å². The summed E-state index contributed by atoms with van der Waals surface area (Å²) in [5.41, 5.74) is 1.73. The van der Waals surface area contributed by atoms with Gasteiger partial charge in [-0.25, -0.2) is 0 Å². The maximum Gasteiger partial charge on any atom is 0.306 e. The lowest BCUT2D eigenvalue weighted by Gasteiger charge is -2.22. The minimum absolute atomic E-state index is 0.0573. The van der Waals surface area contributed by atoms with Crippen molar-refractivity contribution in [3.05, 3.63) is 70.7 Å². The summed E-state index contributed by atoms with van der Waals surface area (Å²) in [6.45, 7) is 0.505. The van der Waals surface area contributed by atoms with Crippen LogP contribution < -0.4 is 10.6 Å². The SMILES string of the molecule is O=C(C[C@@H]1C[C@H]2OC2CCC(=O)OC(c2ccccc2)CNC1=O)NCc1ccc(Cl)cc1. The number of ether oxygens (including phenoxy) is 2. The van der Waals surface area contributed by atoms with Crippen molar-refractivity contribution in [2.45, 2.75) is 50.5 Å². The monoisotopic (exact) mass is 470 g/mol. The van der Waals surface area contributed by atoms with E-state index in [1.165, 1.54) is 0 Å². The molecule has 2 aromatic rings. The van der Waals surface area contributed by atoms with Gasteiger partial charge in [0.05, 0.1) is 18.8 Å². The van der Waals surface area contributed by atoms with Crippen LogP contribution in [0.15, 0.2) is 54.6 Å². The van der Waals surface area contributed by atoms with Crippen LogP contribution in [0.1, 0.15) is 42.9 Å². The number of nitrogens with one attached hydrogen (secondary N) is 2. The Hall–Kier alpha value is -2.90. The van der Waals surface area contributed by atoms with Crippen molar-refractivity contribution >= 4 is 29.4 Å². The molecule has 174 valence electrons. The van der Waals surface area contributed by atoms with E-state index in [0.717, 1.165) is 11.1 Å². The smallest absolute Gasteiger partial charge is 0.306 e. The molecule has 7 nitrogen and oxygen atoms in total. The Morgan fingerprint density at radius 2 is 1.82 bits per heavy atom. The molecular weight excluding hydrogens is 444 g/mol. The molecule has 0 aliphatic carbocycles. The van der Waals surface area contributed by atoms with Gasteiger partial charge in [-0.2, -0.15) is 0 Å². The van der Waals surface area contributed by atoms with Crippen LogP contribution in [-0.2, 0) is 30.4 Å². The largest absolute Gasteiger partial charge is 0.456 e. The van der Waals surface area contributed by atoms with Crippen LogP contribution in [0.25, 0.3) is 0 Å². The van der Waals surface area contributed by atoms with E-state index in [4.69, 9.17) is 21.1 Å². The molecule has 2 N–H and O–H groups in total. The quantitative estimate of drug-likeness (QED) is 0.516. The van der Waals surface area contributed by atoms with E-state index in [1.807, 2.05) is 42.5 Å². The number of carbonyl (C=O) groups is 3. The molecule has 0 aromatic heterocycles. The molecule has 0 radical (unpaired) electrons. The van der Waals surface area contributed by atoms with Gasteiger partial charge in [-0.3, -0.25) is 14.4 Å². The number of fused-ring (bicyclic) bond motifs is 1. The fourth-order valence-corrected chi connectivity index (χ4v) is 4.14. The van der Waals surface area contributed by atoms with Crippen LogP contribution in [-0.4, -0.2) is 36.5 Å². The van der Waals surface area contributed by atoms with Crippen molar-refractivity contribution in [1.82, 2.24) is 10.6 Å². The molecule has 0 bridgehead atoms. The summed E-state index contributed by atoms with van der Waals surface area (Å²) in [6, 6.07) is 16.5. The van der Waals surface area contributed by atoms with Crippen molar-refractivity contribution < 1.29 is 23.9 Å². The van der Waals surface area contributed by atoms with E-state index in [1.54, 1.807) is 12.1 Å². The van der Waals surface area contributed by atoms with Crippen molar-refractivity contribution in [2.75, 3.05) is 6.54 Å². The molecule has 2 aromatic carbocycles. The number of hydrogen-bond donors (Lipinski definition) is 2. The number of esters is 1. The Bertz CT molecular complexity index is 982. The van der Waals surface area contributed by atoms with E-state index >= 15 is 0 Å². The third-order valence-electron chi connectivity index (χ3n) is 5.95. The number of hydrogen-bond acceptors (Lipinski definition) is 5. The first-order valence-corrected chi connectivity index (χ1v) is 11.5. The lowest BCUT2D eigenvalue weighted by Crippen LogP contribution is -2.38. The summed E-state index contributed by atoms with van der Waals surface area (Å²) in [4.78, 5) is 37.9. The standard InChI is InChI=1S/C25H27ClN2O5/c26-19-8-6-16(7-9-19)14-27-23(29)13-18-12-21-20(32-21)10-11-24(30)33-22(15-28-25(18)31)17-4-2-1-3-5-17/h1-9,18,20-22H,10-15H2,(H,27,29)(H,28,31)/t18-,20?,21+,22?/m0/s1. The average Bonchev–Trinajstić information content (AvgIpc) is 3.57. The molecule has 2 unspecified atom stereocenters. The number of rotatable bonds is 5. The molecule has 0 saturated carbocycles. The van der Waals surface area contributed by atoms with Crippen LogP contribution in [0.3, 0.4) is 0 Å². The lowest BCUT2D eigenvalue weighted by atomic mass is 9.95. The molecule has 33 heavy (non-hydrogen) atoms. The topological polar surface area (TPSA) is 97.0 Å². The van der Waals surface area contributed by atoms with Gasteiger partial charge in [0.2, 0.25) is 11.8 Å². The number of halogens is 1. The number of epoxide rings is 1. The number of benzene rings is 2. The second-order valence-electron chi connectivity index (χ2n) is 8.43. The summed E-state index contributed by atoms with van der Waals surface area (Å²) in [5, 5.41) is 6.38. The number of carbonyl (C=O) groups excluding carboxylic acids is 3. The molecule has 8 heteroatoms. The van der Waals surface area contributed by atoms with E-state index in [2.05, 4.69) is 10.6 Å². The molecule has 2 aliphatic rings.